The highest BCUT2D eigenvalue weighted by molar-refractivity contribution is 8.22. The van der Waals surface area contributed by atoms with Gasteiger partial charge in [-0.2, -0.15) is 11.8 Å². The highest BCUT2D eigenvalue weighted by atomic mass is 32.2. The number of aliphatic hydroxyl groups excluding tert-OH is 1. The largest absolute Gasteiger partial charge is 0.395 e. The van der Waals surface area contributed by atoms with Crippen LogP contribution in [-0.4, -0.2) is 73.9 Å². The van der Waals surface area contributed by atoms with Gasteiger partial charge in [0.05, 0.1) is 33.4 Å². The molecule has 3 heterocycles. The number of aliphatic hydroxyl groups is 1. The number of carbonyl (C=O) groups is 3. The van der Waals surface area contributed by atoms with Gasteiger partial charge in [-0.3, -0.25) is 9.59 Å². The van der Waals surface area contributed by atoms with E-state index in [1.54, 1.807) is 23.5 Å². The lowest BCUT2D eigenvalue weighted by Crippen LogP contribution is -2.38. The number of amides is 4. The van der Waals surface area contributed by atoms with Crippen LogP contribution in [-0.2, 0) is 9.59 Å². The SMILES string of the molecule is CC1(C)SC(CO)C(NC(=O)CCCCNC(=O)CCCC[C@@H]2SC[C@@H]3NC(=O)N[C@@H]32)S1. The van der Waals surface area contributed by atoms with Crippen molar-refractivity contribution in [2.24, 2.45) is 0 Å². The topological polar surface area (TPSA) is 120 Å². The molecule has 0 bridgehead atoms. The van der Waals surface area contributed by atoms with Crippen molar-refractivity contribution < 1.29 is 19.5 Å². The molecule has 2 unspecified atom stereocenters. The fourth-order valence-corrected chi connectivity index (χ4v) is 9.14. The van der Waals surface area contributed by atoms with E-state index in [0.717, 1.165) is 37.9 Å². The zero-order valence-corrected chi connectivity index (χ0v) is 21.3. The average molecular weight is 505 g/mol. The maximum atomic E-state index is 12.2. The summed E-state index contributed by atoms with van der Waals surface area (Å²) in [6.07, 6.45) is 5.30. The summed E-state index contributed by atoms with van der Waals surface area (Å²) in [5, 5.41) is 21.9. The molecule has 8 nitrogen and oxygen atoms in total. The summed E-state index contributed by atoms with van der Waals surface area (Å²) < 4.78 is -0.00235. The highest BCUT2D eigenvalue weighted by Gasteiger charge is 2.42. The molecule has 0 aromatic rings. The van der Waals surface area contributed by atoms with Crippen LogP contribution in [0.2, 0.25) is 0 Å². The number of carbonyl (C=O) groups excluding carboxylic acids is 3. The predicted molar refractivity (Wildman–Crippen MR) is 133 cm³/mol. The molecule has 3 rings (SSSR count). The number of fused-ring (bicyclic) bond motifs is 1. The first-order chi connectivity index (χ1) is 15.3. The number of hydrogen-bond donors (Lipinski definition) is 5. The van der Waals surface area contributed by atoms with Crippen molar-refractivity contribution in [3.8, 4) is 0 Å². The summed E-state index contributed by atoms with van der Waals surface area (Å²) in [5.41, 5.74) is 0. The van der Waals surface area contributed by atoms with Crippen LogP contribution < -0.4 is 21.3 Å². The van der Waals surface area contributed by atoms with Gasteiger partial charge in [0, 0.05) is 30.4 Å². The normalized spacial score (nSPS) is 30.5. The standard InChI is InChI=1S/C21H36N4O4S3/c1-21(2)31-15(11-26)19(32-21)24-17(28)9-5-6-10-22-16(27)8-4-3-7-14-18-13(12-30-14)23-20(29)25-18/h13-15,18-19,26H,3-12H2,1-2H3,(H,22,27)(H,24,28)(H2,23,25,29)/t13-,14-,15?,18-,19?/m0/s1. The second-order valence-electron chi connectivity index (χ2n) is 9.02. The van der Waals surface area contributed by atoms with E-state index >= 15 is 0 Å². The molecule has 3 aliphatic heterocycles. The molecule has 0 aliphatic carbocycles. The Morgan fingerprint density at radius 3 is 2.59 bits per heavy atom. The molecule has 0 spiro atoms. The lowest BCUT2D eigenvalue weighted by molar-refractivity contribution is -0.121. The minimum absolute atomic E-state index is 0.00235. The van der Waals surface area contributed by atoms with E-state index in [9.17, 15) is 19.5 Å². The van der Waals surface area contributed by atoms with E-state index < -0.39 is 0 Å². The number of urea groups is 1. The van der Waals surface area contributed by atoms with Crippen molar-refractivity contribution in [1.82, 2.24) is 21.3 Å². The van der Waals surface area contributed by atoms with E-state index in [1.165, 1.54) is 0 Å². The Hall–Kier alpha value is -0.780. The van der Waals surface area contributed by atoms with Crippen molar-refractivity contribution in [2.75, 3.05) is 18.9 Å². The Balaban J connectivity index is 1.18. The van der Waals surface area contributed by atoms with Crippen LogP contribution in [0.3, 0.4) is 0 Å². The first-order valence-corrected chi connectivity index (χ1v) is 14.3. The maximum absolute atomic E-state index is 12.2. The van der Waals surface area contributed by atoms with Crippen molar-refractivity contribution in [2.45, 2.75) is 90.8 Å². The van der Waals surface area contributed by atoms with Gasteiger partial charge in [-0.15, -0.1) is 23.5 Å². The van der Waals surface area contributed by atoms with Gasteiger partial charge in [0.15, 0.2) is 0 Å². The molecule has 0 aromatic heterocycles. The minimum Gasteiger partial charge on any atom is -0.395 e. The monoisotopic (exact) mass is 504 g/mol. The van der Waals surface area contributed by atoms with Crippen LogP contribution >= 0.6 is 35.3 Å². The molecular formula is C21H36N4O4S3. The molecule has 3 saturated heterocycles. The van der Waals surface area contributed by atoms with Crippen molar-refractivity contribution in [1.29, 1.82) is 0 Å². The third-order valence-electron chi connectivity index (χ3n) is 5.90. The molecule has 32 heavy (non-hydrogen) atoms. The summed E-state index contributed by atoms with van der Waals surface area (Å²) in [5.74, 6) is 1.03. The smallest absolute Gasteiger partial charge is 0.315 e. The van der Waals surface area contributed by atoms with Crippen LogP contribution in [0.1, 0.15) is 58.8 Å². The Morgan fingerprint density at radius 2 is 1.81 bits per heavy atom. The van der Waals surface area contributed by atoms with Crippen molar-refractivity contribution in [3.05, 3.63) is 0 Å². The summed E-state index contributed by atoms with van der Waals surface area (Å²) in [7, 11) is 0. The lowest BCUT2D eigenvalue weighted by atomic mass is 10.0. The second kappa shape index (κ2) is 12.1. The molecule has 0 radical (unpaired) electrons. The first-order valence-electron chi connectivity index (χ1n) is 11.5. The van der Waals surface area contributed by atoms with Gasteiger partial charge in [-0.05, 0) is 39.5 Å². The zero-order valence-electron chi connectivity index (χ0n) is 18.9. The third-order valence-corrected chi connectivity index (χ3v) is 10.7. The average Bonchev–Trinajstić information content (AvgIpc) is 3.36. The maximum Gasteiger partial charge on any atom is 0.315 e. The summed E-state index contributed by atoms with van der Waals surface area (Å²) in [6, 6.07) is 0.420. The molecule has 3 fully saturated rings. The molecule has 0 saturated carbocycles. The van der Waals surface area contributed by atoms with E-state index in [-0.39, 0.29) is 51.2 Å². The van der Waals surface area contributed by atoms with E-state index in [0.29, 0.717) is 24.6 Å². The number of hydrogen-bond acceptors (Lipinski definition) is 7. The van der Waals surface area contributed by atoms with Gasteiger partial charge in [-0.25, -0.2) is 4.79 Å². The van der Waals surface area contributed by atoms with E-state index in [2.05, 4.69) is 35.1 Å². The van der Waals surface area contributed by atoms with Gasteiger partial charge >= 0.3 is 6.03 Å². The van der Waals surface area contributed by atoms with Gasteiger partial charge < -0.3 is 26.4 Å². The quantitative estimate of drug-likeness (QED) is 0.204. The van der Waals surface area contributed by atoms with Gasteiger partial charge in [0.2, 0.25) is 11.8 Å². The summed E-state index contributed by atoms with van der Waals surface area (Å²) in [4.78, 5) is 35.7. The number of nitrogens with one attached hydrogen (secondary N) is 4. The minimum atomic E-state index is -0.0584. The zero-order chi connectivity index (χ0) is 23.1. The summed E-state index contributed by atoms with van der Waals surface area (Å²) in [6.45, 7) is 4.86. The Morgan fingerprint density at radius 1 is 1.06 bits per heavy atom. The second-order valence-corrected chi connectivity index (χ2v) is 14.2. The number of thioether (sulfide) groups is 3. The van der Waals surface area contributed by atoms with Crippen molar-refractivity contribution in [3.63, 3.8) is 0 Å². The van der Waals surface area contributed by atoms with Gasteiger partial charge in [0.1, 0.15) is 0 Å². The Kier molecular flexibility index (Phi) is 9.75. The van der Waals surface area contributed by atoms with Crippen LogP contribution in [0.15, 0.2) is 0 Å². The third kappa shape index (κ3) is 7.63. The van der Waals surface area contributed by atoms with Crippen LogP contribution in [0.4, 0.5) is 4.79 Å². The molecule has 0 aromatic carbocycles. The molecular weight excluding hydrogens is 468 g/mol. The van der Waals surface area contributed by atoms with Crippen LogP contribution in [0, 0.1) is 0 Å². The fraction of sp³-hybridized carbons (Fsp3) is 0.857. The molecule has 5 atom stereocenters. The lowest BCUT2D eigenvalue weighted by Gasteiger charge is -2.17. The Labute approximate surface area is 203 Å². The van der Waals surface area contributed by atoms with Crippen molar-refractivity contribution >= 4 is 53.1 Å². The van der Waals surface area contributed by atoms with Gasteiger partial charge in [-0.1, -0.05) is 6.42 Å². The molecule has 5 N–H and O–H groups in total. The van der Waals surface area contributed by atoms with Crippen LogP contribution in [0.25, 0.3) is 0 Å². The van der Waals surface area contributed by atoms with E-state index in [4.69, 9.17) is 0 Å². The van der Waals surface area contributed by atoms with Gasteiger partial charge in [0.25, 0.3) is 0 Å². The molecule has 182 valence electrons. The molecule has 11 heteroatoms. The molecule has 3 aliphatic rings. The highest BCUT2D eigenvalue weighted by Crippen LogP contribution is 2.50. The Bertz CT molecular complexity index is 681. The van der Waals surface area contributed by atoms with Crippen LogP contribution in [0.5, 0.6) is 0 Å². The first kappa shape index (κ1) is 25.8. The predicted octanol–water partition coefficient (Wildman–Crippen LogP) is 2.02. The molecule has 4 amide bonds. The fourth-order valence-electron chi connectivity index (χ4n) is 4.32. The van der Waals surface area contributed by atoms with E-state index in [1.807, 2.05) is 11.8 Å². The number of unbranched alkanes of at least 4 members (excludes halogenated alkanes) is 2. The number of rotatable bonds is 12. The summed E-state index contributed by atoms with van der Waals surface area (Å²) >= 11 is 5.29.